The Hall–Kier alpha value is -0.770. The number of thioether (sulfide) groups is 1. The van der Waals surface area contributed by atoms with Crippen LogP contribution in [0.2, 0.25) is 0 Å². The number of amides is 2. The van der Waals surface area contributed by atoms with Gasteiger partial charge in [0, 0.05) is 22.7 Å². The van der Waals surface area contributed by atoms with Crippen molar-refractivity contribution >= 4 is 23.6 Å². The molecule has 0 aliphatic carbocycles. The summed E-state index contributed by atoms with van der Waals surface area (Å²) in [6.45, 7) is 3.84. The minimum atomic E-state index is -0.132. The summed E-state index contributed by atoms with van der Waals surface area (Å²) >= 11 is 1.83. The fraction of sp³-hybridized carbons (Fsp3) is 0.600. The van der Waals surface area contributed by atoms with Crippen molar-refractivity contribution in [3.63, 3.8) is 0 Å². The van der Waals surface area contributed by atoms with Gasteiger partial charge in [-0.15, -0.1) is 0 Å². The molecule has 0 aromatic carbocycles. The second-order valence-corrected chi connectivity index (χ2v) is 5.35. The molecule has 2 unspecified atom stereocenters. The Labute approximate surface area is 87.5 Å². The molecule has 0 radical (unpaired) electrons. The molecule has 14 heavy (non-hydrogen) atoms. The van der Waals surface area contributed by atoms with Crippen LogP contribution in [-0.2, 0) is 9.59 Å². The van der Waals surface area contributed by atoms with Crippen LogP contribution in [0, 0.1) is 0 Å². The average Bonchev–Trinajstić information content (AvgIpc) is 2.60. The third-order valence-corrected chi connectivity index (χ3v) is 4.01. The Bertz CT molecular complexity index is 324. The number of nitrogens with zero attached hydrogens (tertiary/aromatic N) is 1. The van der Waals surface area contributed by atoms with E-state index in [2.05, 4.69) is 6.92 Å². The summed E-state index contributed by atoms with van der Waals surface area (Å²) in [6, 6.07) is 0.115. The van der Waals surface area contributed by atoms with Crippen LogP contribution >= 0.6 is 11.8 Å². The van der Waals surface area contributed by atoms with Crippen molar-refractivity contribution in [2.75, 3.05) is 5.75 Å². The van der Waals surface area contributed by atoms with E-state index in [9.17, 15) is 9.59 Å². The molecule has 2 aliphatic heterocycles. The van der Waals surface area contributed by atoms with E-state index in [4.69, 9.17) is 0 Å². The van der Waals surface area contributed by atoms with Crippen LogP contribution in [0.5, 0.6) is 0 Å². The molecule has 76 valence electrons. The predicted octanol–water partition coefficient (Wildman–Crippen LogP) is 1.20. The van der Waals surface area contributed by atoms with Crippen LogP contribution in [0.1, 0.15) is 20.3 Å². The van der Waals surface area contributed by atoms with Crippen molar-refractivity contribution < 1.29 is 9.59 Å². The zero-order chi connectivity index (χ0) is 10.3. The van der Waals surface area contributed by atoms with E-state index in [0.29, 0.717) is 10.8 Å². The van der Waals surface area contributed by atoms with Gasteiger partial charge in [-0.3, -0.25) is 14.5 Å². The third-order valence-electron chi connectivity index (χ3n) is 2.68. The summed E-state index contributed by atoms with van der Waals surface area (Å²) in [4.78, 5) is 24.6. The minimum absolute atomic E-state index is 0.102. The highest BCUT2D eigenvalue weighted by Gasteiger charge is 2.37. The molecule has 2 rings (SSSR count). The normalized spacial score (nSPS) is 32.7. The van der Waals surface area contributed by atoms with E-state index in [0.717, 1.165) is 12.2 Å². The summed E-state index contributed by atoms with van der Waals surface area (Å²) in [5, 5.41) is 0.557. The molecule has 0 spiro atoms. The van der Waals surface area contributed by atoms with Crippen molar-refractivity contribution in [1.29, 1.82) is 0 Å². The number of carbonyl (C=O) groups is 2. The summed E-state index contributed by atoms with van der Waals surface area (Å²) in [6.07, 6.45) is 2.37. The van der Waals surface area contributed by atoms with Crippen LogP contribution < -0.4 is 0 Å². The number of carbonyl (C=O) groups excluding carboxylic acids is 2. The molecule has 0 aromatic rings. The molecule has 2 amide bonds. The molecule has 0 N–H and O–H groups in total. The standard InChI is InChI=1S/C10H13NO2S/c1-6-3-9(12)11(10(6)13)8-4-7(2)14-5-8/h3,7-8H,4-5H2,1-2H3. The molecule has 4 heteroatoms. The lowest BCUT2D eigenvalue weighted by Crippen LogP contribution is -2.40. The highest BCUT2D eigenvalue weighted by molar-refractivity contribution is 8.00. The molecule has 3 nitrogen and oxygen atoms in total. The van der Waals surface area contributed by atoms with Crippen molar-refractivity contribution in [1.82, 2.24) is 4.90 Å². The smallest absolute Gasteiger partial charge is 0.256 e. The van der Waals surface area contributed by atoms with E-state index in [-0.39, 0.29) is 17.9 Å². The van der Waals surface area contributed by atoms with Gasteiger partial charge in [0.05, 0.1) is 6.04 Å². The van der Waals surface area contributed by atoms with E-state index in [1.165, 1.54) is 11.0 Å². The molecular formula is C10H13NO2S. The van der Waals surface area contributed by atoms with Gasteiger partial charge in [0.15, 0.2) is 0 Å². The van der Waals surface area contributed by atoms with Gasteiger partial charge in [-0.25, -0.2) is 0 Å². The highest BCUT2D eigenvalue weighted by Crippen LogP contribution is 2.31. The molecule has 0 aromatic heterocycles. The first-order chi connectivity index (χ1) is 6.59. The fourth-order valence-corrected chi connectivity index (χ4v) is 3.12. The van der Waals surface area contributed by atoms with Gasteiger partial charge in [-0.05, 0) is 13.3 Å². The maximum absolute atomic E-state index is 11.6. The van der Waals surface area contributed by atoms with Crippen molar-refractivity contribution in [3.05, 3.63) is 11.6 Å². The Balaban J connectivity index is 2.13. The molecule has 0 saturated carbocycles. The molecule has 1 saturated heterocycles. The first kappa shape index (κ1) is 9.77. The van der Waals surface area contributed by atoms with Gasteiger partial charge in [0.25, 0.3) is 11.8 Å². The second-order valence-electron chi connectivity index (χ2n) is 3.87. The number of imide groups is 1. The molecule has 1 fully saturated rings. The van der Waals surface area contributed by atoms with E-state index in [1.807, 2.05) is 11.8 Å². The highest BCUT2D eigenvalue weighted by atomic mass is 32.2. The van der Waals surface area contributed by atoms with Gasteiger partial charge >= 0.3 is 0 Å². The quantitative estimate of drug-likeness (QED) is 0.611. The number of hydrogen-bond acceptors (Lipinski definition) is 3. The van der Waals surface area contributed by atoms with Gasteiger partial charge < -0.3 is 0 Å². The first-order valence-corrected chi connectivity index (χ1v) is 5.82. The zero-order valence-electron chi connectivity index (χ0n) is 8.32. The number of hydrogen-bond donors (Lipinski definition) is 0. The molecule has 2 atom stereocenters. The van der Waals surface area contributed by atoms with Crippen molar-refractivity contribution in [2.24, 2.45) is 0 Å². The number of rotatable bonds is 1. The van der Waals surface area contributed by atoms with Crippen molar-refractivity contribution in [2.45, 2.75) is 31.6 Å². The lowest BCUT2D eigenvalue weighted by molar-refractivity contribution is -0.139. The summed E-state index contributed by atoms with van der Waals surface area (Å²) < 4.78 is 0. The molecule has 2 heterocycles. The van der Waals surface area contributed by atoms with Gasteiger partial charge in [0.2, 0.25) is 0 Å². The monoisotopic (exact) mass is 211 g/mol. The first-order valence-electron chi connectivity index (χ1n) is 4.77. The lowest BCUT2D eigenvalue weighted by atomic mass is 10.1. The van der Waals surface area contributed by atoms with Crippen LogP contribution in [0.15, 0.2) is 11.6 Å². The zero-order valence-corrected chi connectivity index (χ0v) is 9.13. The van der Waals surface area contributed by atoms with Gasteiger partial charge in [-0.1, -0.05) is 6.92 Å². The predicted molar refractivity (Wildman–Crippen MR) is 55.9 cm³/mol. The average molecular weight is 211 g/mol. The fourth-order valence-electron chi connectivity index (χ4n) is 1.93. The Morgan fingerprint density at radius 1 is 1.50 bits per heavy atom. The molecule has 2 aliphatic rings. The largest absolute Gasteiger partial charge is 0.271 e. The van der Waals surface area contributed by atoms with Crippen LogP contribution in [0.4, 0.5) is 0 Å². The maximum atomic E-state index is 11.6. The summed E-state index contributed by atoms with van der Waals surface area (Å²) in [5.41, 5.74) is 0.569. The summed E-state index contributed by atoms with van der Waals surface area (Å²) in [5.74, 6) is 0.654. The van der Waals surface area contributed by atoms with E-state index in [1.54, 1.807) is 6.92 Å². The topological polar surface area (TPSA) is 37.4 Å². The Morgan fingerprint density at radius 3 is 2.64 bits per heavy atom. The van der Waals surface area contributed by atoms with Gasteiger partial charge in [-0.2, -0.15) is 11.8 Å². The maximum Gasteiger partial charge on any atom is 0.256 e. The van der Waals surface area contributed by atoms with Crippen LogP contribution in [0.25, 0.3) is 0 Å². The molecule has 0 bridgehead atoms. The summed E-state index contributed by atoms with van der Waals surface area (Å²) in [7, 11) is 0. The lowest BCUT2D eigenvalue weighted by Gasteiger charge is -2.21. The Kier molecular flexibility index (Phi) is 2.39. The third kappa shape index (κ3) is 1.47. The second kappa shape index (κ2) is 3.42. The van der Waals surface area contributed by atoms with Crippen LogP contribution in [0.3, 0.4) is 0 Å². The SMILES string of the molecule is CC1=CC(=O)N(C2CSC(C)C2)C1=O. The molecular weight excluding hydrogens is 198 g/mol. The van der Waals surface area contributed by atoms with Crippen LogP contribution in [-0.4, -0.2) is 33.8 Å². The van der Waals surface area contributed by atoms with Gasteiger partial charge in [0.1, 0.15) is 0 Å². The van der Waals surface area contributed by atoms with E-state index < -0.39 is 0 Å². The van der Waals surface area contributed by atoms with Crippen molar-refractivity contribution in [3.8, 4) is 0 Å². The minimum Gasteiger partial charge on any atom is -0.271 e. The van der Waals surface area contributed by atoms with E-state index >= 15 is 0 Å². The Morgan fingerprint density at radius 2 is 2.21 bits per heavy atom.